The molecule has 0 aliphatic carbocycles. The molecule has 2 rings (SSSR count). The van der Waals surface area contributed by atoms with Crippen molar-refractivity contribution in [1.29, 1.82) is 0 Å². The van der Waals surface area contributed by atoms with E-state index in [2.05, 4.69) is 20.9 Å². The Hall–Kier alpha value is -2.86. The van der Waals surface area contributed by atoms with Gasteiger partial charge in [0, 0.05) is 5.69 Å². The molecule has 0 heterocycles. The van der Waals surface area contributed by atoms with Crippen LogP contribution in [-0.4, -0.2) is 31.6 Å². The smallest absolute Gasteiger partial charge is 0.406 e. The zero-order valence-corrected chi connectivity index (χ0v) is 16.5. The molecule has 0 aliphatic rings. The van der Waals surface area contributed by atoms with Crippen LogP contribution in [0, 0.1) is 6.92 Å². The van der Waals surface area contributed by atoms with Gasteiger partial charge in [0.2, 0.25) is 0 Å². The van der Waals surface area contributed by atoms with Crippen LogP contribution in [0.15, 0.2) is 53.4 Å². The average Bonchev–Trinajstić information content (AvgIpc) is 2.60. The summed E-state index contributed by atoms with van der Waals surface area (Å²) < 4.78 is 64.5. The summed E-state index contributed by atoms with van der Waals surface area (Å²) in [5.41, 5.74) is 5.65. The summed E-state index contributed by atoms with van der Waals surface area (Å²) in [6.07, 6.45) is -4.80. The Morgan fingerprint density at radius 1 is 1.03 bits per heavy atom. The number of sulfone groups is 1. The van der Waals surface area contributed by atoms with Crippen molar-refractivity contribution in [1.82, 2.24) is 10.9 Å². The standard InChI is InChI=1S/C17H16F3N3O4S2/c1-11-2-8-14(9-3-11)29(25,26)10-15(24)22-23-16(28)21-12-4-6-13(7-5-12)27-17(18,19)20/h2-9H,10H2,1H3,(H,22,24)(H2,21,23,28). The van der Waals surface area contributed by atoms with Crippen molar-refractivity contribution in [2.24, 2.45) is 0 Å². The molecule has 156 valence electrons. The quantitative estimate of drug-likeness (QED) is 0.479. The fourth-order valence-electron chi connectivity index (χ4n) is 2.07. The molecule has 0 spiro atoms. The number of anilines is 1. The Labute approximate surface area is 170 Å². The lowest BCUT2D eigenvalue weighted by Gasteiger charge is -2.13. The summed E-state index contributed by atoms with van der Waals surface area (Å²) in [4.78, 5) is 11.9. The third-order valence-electron chi connectivity index (χ3n) is 3.36. The fourth-order valence-corrected chi connectivity index (χ4v) is 3.37. The second kappa shape index (κ2) is 9.09. The maximum absolute atomic E-state index is 12.2. The topological polar surface area (TPSA) is 96.5 Å². The Bertz CT molecular complexity index is 976. The highest BCUT2D eigenvalue weighted by Crippen LogP contribution is 2.23. The number of nitrogens with one attached hydrogen (secondary N) is 3. The molecule has 0 aliphatic heterocycles. The van der Waals surface area contributed by atoms with Gasteiger partial charge < -0.3 is 10.1 Å². The number of hydrogen-bond acceptors (Lipinski definition) is 5. The summed E-state index contributed by atoms with van der Waals surface area (Å²) in [7, 11) is -3.82. The molecule has 3 N–H and O–H groups in total. The van der Waals surface area contributed by atoms with E-state index in [1.165, 1.54) is 24.3 Å². The van der Waals surface area contributed by atoms with Gasteiger partial charge in [-0.2, -0.15) is 0 Å². The minimum atomic E-state index is -4.80. The van der Waals surface area contributed by atoms with Crippen LogP contribution >= 0.6 is 12.2 Å². The van der Waals surface area contributed by atoms with Crippen molar-refractivity contribution in [3.63, 3.8) is 0 Å². The lowest BCUT2D eigenvalue weighted by Crippen LogP contribution is -2.45. The predicted molar refractivity (Wildman–Crippen MR) is 104 cm³/mol. The predicted octanol–water partition coefficient (Wildman–Crippen LogP) is 2.69. The normalized spacial score (nSPS) is 11.4. The molecular weight excluding hydrogens is 431 g/mol. The molecule has 0 saturated carbocycles. The SMILES string of the molecule is Cc1ccc(S(=O)(=O)CC(=O)NNC(=S)Nc2ccc(OC(F)(F)F)cc2)cc1. The minimum Gasteiger partial charge on any atom is -0.406 e. The number of alkyl halides is 3. The summed E-state index contributed by atoms with van der Waals surface area (Å²) in [6.45, 7) is 1.80. The summed E-state index contributed by atoms with van der Waals surface area (Å²) in [5, 5.41) is 2.51. The van der Waals surface area contributed by atoms with Crippen molar-refractivity contribution < 1.29 is 31.1 Å². The maximum atomic E-state index is 12.2. The Morgan fingerprint density at radius 2 is 1.62 bits per heavy atom. The van der Waals surface area contributed by atoms with Gasteiger partial charge in [-0.15, -0.1) is 13.2 Å². The second-order valence-corrected chi connectivity index (χ2v) is 8.17. The van der Waals surface area contributed by atoms with Gasteiger partial charge in [-0.1, -0.05) is 17.7 Å². The highest BCUT2D eigenvalue weighted by Gasteiger charge is 2.30. The fraction of sp³-hybridized carbons (Fsp3) is 0.176. The van der Waals surface area contributed by atoms with Crippen LogP contribution in [0.2, 0.25) is 0 Å². The van der Waals surface area contributed by atoms with Crippen LogP contribution in [0.3, 0.4) is 0 Å². The van der Waals surface area contributed by atoms with E-state index in [1.807, 2.05) is 0 Å². The first-order chi connectivity index (χ1) is 13.4. The number of halogens is 3. The number of amides is 1. The minimum absolute atomic E-state index is 0.0140. The van der Waals surface area contributed by atoms with E-state index in [4.69, 9.17) is 12.2 Å². The number of thiocarbonyl (C=S) groups is 1. The lowest BCUT2D eigenvalue weighted by atomic mass is 10.2. The Kier molecular flexibility index (Phi) is 7.03. The maximum Gasteiger partial charge on any atom is 0.573 e. The molecule has 0 bridgehead atoms. The van der Waals surface area contributed by atoms with Crippen molar-refractivity contribution >= 4 is 38.8 Å². The number of carbonyl (C=O) groups excluding carboxylic acids is 1. The number of benzene rings is 2. The molecule has 2 aromatic carbocycles. The van der Waals surface area contributed by atoms with Gasteiger partial charge in [-0.25, -0.2) is 8.42 Å². The lowest BCUT2D eigenvalue weighted by molar-refractivity contribution is -0.274. The van der Waals surface area contributed by atoms with Gasteiger partial charge in [-0.3, -0.25) is 15.6 Å². The van der Waals surface area contributed by atoms with Gasteiger partial charge in [0.05, 0.1) is 4.90 Å². The molecular formula is C17H16F3N3O4S2. The number of carbonyl (C=O) groups is 1. The molecule has 0 unspecified atom stereocenters. The van der Waals surface area contributed by atoms with E-state index >= 15 is 0 Å². The van der Waals surface area contributed by atoms with Crippen molar-refractivity contribution in [2.75, 3.05) is 11.1 Å². The van der Waals surface area contributed by atoms with E-state index in [0.717, 1.165) is 17.7 Å². The Morgan fingerprint density at radius 3 is 2.17 bits per heavy atom. The Balaban J connectivity index is 1.84. The number of hydrogen-bond donors (Lipinski definition) is 3. The van der Waals surface area contributed by atoms with Crippen LogP contribution in [0.25, 0.3) is 0 Å². The molecule has 0 atom stereocenters. The van der Waals surface area contributed by atoms with Gasteiger partial charge >= 0.3 is 6.36 Å². The zero-order valence-electron chi connectivity index (χ0n) is 14.9. The molecule has 0 radical (unpaired) electrons. The summed E-state index contributed by atoms with van der Waals surface area (Å²) in [6, 6.07) is 10.8. The number of ether oxygens (including phenoxy) is 1. The highest BCUT2D eigenvalue weighted by atomic mass is 32.2. The summed E-state index contributed by atoms with van der Waals surface area (Å²) >= 11 is 4.93. The van der Waals surface area contributed by atoms with Crippen molar-refractivity contribution in [3.05, 3.63) is 54.1 Å². The monoisotopic (exact) mass is 447 g/mol. The zero-order chi connectivity index (χ0) is 21.7. The van der Waals surface area contributed by atoms with Crippen LogP contribution in [0.1, 0.15) is 5.56 Å². The molecule has 7 nitrogen and oxygen atoms in total. The van der Waals surface area contributed by atoms with Crippen LogP contribution < -0.4 is 20.9 Å². The average molecular weight is 447 g/mol. The van der Waals surface area contributed by atoms with Crippen LogP contribution in [0.5, 0.6) is 5.75 Å². The third-order valence-corrected chi connectivity index (χ3v) is 5.20. The molecule has 0 aromatic heterocycles. The van der Waals surface area contributed by atoms with E-state index in [-0.39, 0.29) is 10.0 Å². The largest absolute Gasteiger partial charge is 0.573 e. The molecule has 1 amide bonds. The van der Waals surface area contributed by atoms with E-state index in [9.17, 15) is 26.4 Å². The van der Waals surface area contributed by atoms with Gasteiger partial charge in [0.15, 0.2) is 14.9 Å². The number of aryl methyl sites for hydroxylation is 1. The van der Waals surface area contributed by atoms with Gasteiger partial charge in [-0.05, 0) is 55.5 Å². The molecule has 12 heteroatoms. The summed E-state index contributed by atoms with van der Waals surface area (Å²) in [5.74, 6) is -2.05. The van der Waals surface area contributed by atoms with Crippen molar-refractivity contribution in [2.45, 2.75) is 18.2 Å². The van der Waals surface area contributed by atoms with E-state index in [0.29, 0.717) is 5.69 Å². The van der Waals surface area contributed by atoms with Crippen molar-refractivity contribution in [3.8, 4) is 5.75 Å². The first-order valence-electron chi connectivity index (χ1n) is 7.96. The van der Waals surface area contributed by atoms with Gasteiger partial charge in [0.1, 0.15) is 11.5 Å². The first kappa shape index (κ1) is 22.4. The van der Waals surface area contributed by atoms with E-state index < -0.39 is 33.6 Å². The molecule has 29 heavy (non-hydrogen) atoms. The highest BCUT2D eigenvalue weighted by molar-refractivity contribution is 7.92. The molecule has 0 fully saturated rings. The number of rotatable bonds is 5. The van der Waals surface area contributed by atoms with Crippen LogP contribution in [0.4, 0.5) is 18.9 Å². The van der Waals surface area contributed by atoms with Gasteiger partial charge in [0.25, 0.3) is 5.91 Å². The molecule has 2 aromatic rings. The first-order valence-corrected chi connectivity index (χ1v) is 10.0. The van der Waals surface area contributed by atoms with Crippen LogP contribution in [-0.2, 0) is 14.6 Å². The number of hydrazine groups is 1. The van der Waals surface area contributed by atoms with E-state index in [1.54, 1.807) is 19.1 Å². The third kappa shape index (κ3) is 7.58. The second-order valence-electron chi connectivity index (χ2n) is 5.77. The molecule has 0 saturated heterocycles.